The molecule has 1 heterocycles. The molecule has 3 aromatic carbocycles. The van der Waals surface area contributed by atoms with Crippen LogP contribution in [0.5, 0.6) is 5.75 Å². The van der Waals surface area contributed by atoms with Crippen molar-refractivity contribution in [2.45, 2.75) is 103 Å². The van der Waals surface area contributed by atoms with Crippen LogP contribution < -0.4 is 9.33 Å². The van der Waals surface area contributed by atoms with Gasteiger partial charge in [0.1, 0.15) is 17.4 Å². The molecule has 1 aliphatic rings. The van der Waals surface area contributed by atoms with Crippen molar-refractivity contribution in [2.24, 2.45) is 5.92 Å². The molecule has 3 atom stereocenters. The fourth-order valence-corrected chi connectivity index (χ4v) is 7.47. The normalized spacial score (nSPS) is 18.6. The van der Waals surface area contributed by atoms with Gasteiger partial charge in [-0.3, -0.25) is 4.79 Å². The Balaban J connectivity index is 1.63. The third kappa shape index (κ3) is 7.35. The number of carbonyl (C=O) groups is 1. The molecule has 1 amide bonds. The van der Waals surface area contributed by atoms with Gasteiger partial charge in [-0.1, -0.05) is 65.8 Å². The van der Waals surface area contributed by atoms with Crippen LogP contribution in [0.3, 0.4) is 0 Å². The van der Waals surface area contributed by atoms with Gasteiger partial charge >= 0.3 is 0 Å². The minimum atomic E-state index is -2.17. The molecule has 1 saturated heterocycles. The van der Waals surface area contributed by atoms with Gasteiger partial charge in [-0.05, 0) is 109 Å². The van der Waals surface area contributed by atoms with Crippen molar-refractivity contribution in [2.75, 3.05) is 4.90 Å². The van der Waals surface area contributed by atoms with E-state index in [9.17, 15) is 13.6 Å². The van der Waals surface area contributed by atoms with E-state index in [1.807, 2.05) is 24.3 Å². The van der Waals surface area contributed by atoms with Gasteiger partial charge < -0.3 is 13.8 Å². The van der Waals surface area contributed by atoms with Crippen LogP contribution in [-0.4, -0.2) is 22.5 Å². The molecule has 44 heavy (non-hydrogen) atoms. The van der Waals surface area contributed by atoms with Gasteiger partial charge in [0.2, 0.25) is 14.2 Å². The lowest BCUT2D eigenvalue weighted by Gasteiger charge is -2.48. The van der Waals surface area contributed by atoms with E-state index < -0.39 is 16.6 Å². The summed E-state index contributed by atoms with van der Waals surface area (Å²) < 4.78 is 41.0. The second kappa shape index (κ2) is 12.5. The van der Waals surface area contributed by atoms with E-state index in [1.165, 1.54) is 24.3 Å². The molecule has 0 unspecified atom stereocenters. The zero-order chi connectivity index (χ0) is 32.7. The van der Waals surface area contributed by atoms with E-state index >= 15 is 0 Å². The lowest BCUT2D eigenvalue weighted by Crippen LogP contribution is -2.55. The lowest BCUT2D eigenvalue weighted by molar-refractivity contribution is -0.131. The minimum absolute atomic E-state index is 0.00623. The minimum Gasteiger partial charge on any atom is -0.544 e. The van der Waals surface area contributed by atoms with E-state index in [-0.39, 0.29) is 45.7 Å². The Morgan fingerprint density at radius 1 is 0.750 bits per heavy atom. The van der Waals surface area contributed by atoms with E-state index in [2.05, 4.69) is 67.7 Å². The number of halogens is 2. The summed E-state index contributed by atoms with van der Waals surface area (Å²) in [5, 5.41) is 0.0673. The van der Waals surface area contributed by atoms with Crippen LogP contribution in [0.2, 0.25) is 36.3 Å². The van der Waals surface area contributed by atoms with Crippen LogP contribution in [-0.2, 0) is 9.22 Å². The molecule has 0 spiro atoms. The molecule has 1 fully saturated rings. The van der Waals surface area contributed by atoms with Crippen molar-refractivity contribution in [1.29, 1.82) is 0 Å². The number of carbonyl (C=O) groups excluding carboxylic acids is 1. The van der Waals surface area contributed by atoms with Gasteiger partial charge in [-0.25, -0.2) is 8.78 Å². The highest BCUT2D eigenvalue weighted by Crippen LogP contribution is 2.48. The molecular formula is C36H49F2NO3Si2. The summed E-state index contributed by atoms with van der Waals surface area (Å²) in [7, 11) is -4.18. The topological polar surface area (TPSA) is 38.8 Å². The summed E-state index contributed by atoms with van der Waals surface area (Å²) in [6.45, 7) is 22.1. The molecule has 0 radical (unpaired) electrons. The molecule has 0 saturated carbocycles. The Bertz CT molecular complexity index is 1430. The standard InChI is InChI=1S/C36H49F2NO3Si2/c1-35(2,3)43(7,8)41-30-21-13-26(14-22-30)33-31(34(40)39(33)29-19-17-28(38)18-20-29)23-24-32(25-11-15-27(37)16-12-25)42-44(9,10)36(4,5)6/h11-22,31-33H,23-24H2,1-10H3/t31-,32-,33-/m1/s1. The highest BCUT2D eigenvalue weighted by atomic mass is 28.4. The molecule has 0 aromatic heterocycles. The van der Waals surface area contributed by atoms with E-state index in [4.69, 9.17) is 8.85 Å². The Kier molecular flexibility index (Phi) is 9.70. The predicted molar refractivity (Wildman–Crippen MR) is 181 cm³/mol. The van der Waals surface area contributed by atoms with Gasteiger partial charge in [-0.15, -0.1) is 0 Å². The number of β-lactam (4-membered cyclic amide) rings is 1. The number of hydrogen-bond acceptors (Lipinski definition) is 3. The van der Waals surface area contributed by atoms with Gasteiger partial charge in [0.25, 0.3) is 0 Å². The average Bonchev–Trinajstić information content (AvgIpc) is 2.91. The second-order valence-electron chi connectivity index (χ2n) is 15.2. The first kappa shape index (κ1) is 34.1. The highest BCUT2D eigenvalue weighted by molar-refractivity contribution is 6.75. The number of hydrogen-bond donors (Lipinski definition) is 0. The predicted octanol–water partition coefficient (Wildman–Crippen LogP) is 10.6. The number of amides is 1. The zero-order valence-electron chi connectivity index (χ0n) is 28.0. The van der Waals surface area contributed by atoms with Crippen molar-refractivity contribution in [3.05, 3.63) is 95.6 Å². The number of benzene rings is 3. The van der Waals surface area contributed by atoms with Gasteiger partial charge in [0.15, 0.2) is 8.32 Å². The molecule has 3 aromatic rings. The smallest absolute Gasteiger partial charge is 0.250 e. The molecule has 238 valence electrons. The van der Waals surface area contributed by atoms with Crippen LogP contribution in [0.4, 0.5) is 14.5 Å². The summed E-state index contributed by atoms with van der Waals surface area (Å²) >= 11 is 0. The Hall–Kier alpha value is -2.82. The first-order valence-electron chi connectivity index (χ1n) is 15.6. The third-order valence-corrected chi connectivity index (χ3v) is 18.8. The van der Waals surface area contributed by atoms with E-state index in [1.54, 1.807) is 29.2 Å². The van der Waals surface area contributed by atoms with Gasteiger partial charge in [-0.2, -0.15) is 0 Å². The number of rotatable bonds is 10. The second-order valence-corrected chi connectivity index (χ2v) is 24.6. The highest BCUT2D eigenvalue weighted by Gasteiger charge is 2.49. The van der Waals surface area contributed by atoms with E-state index in [0.717, 1.165) is 16.9 Å². The molecule has 0 aliphatic carbocycles. The van der Waals surface area contributed by atoms with Crippen LogP contribution in [0.25, 0.3) is 0 Å². The van der Waals surface area contributed by atoms with Crippen molar-refractivity contribution in [3.8, 4) is 5.75 Å². The first-order chi connectivity index (χ1) is 20.3. The van der Waals surface area contributed by atoms with Crippen molar-refractivity contribution >= 4 is 28.2 Å². The largest absolute Gasteiger partial charge is 0.544 e. The van der Waals surface area contributed by atoms with Crippen LogP contribution in [0.1, 0.15) is 77.7 Å². The molecule has 4 nitrogen and oxygen atoms in total. The summed E-state index contributed by atoms with van der Waals surface area (Å²) in [6.07, 6.45) is 0.958. The molecule has 0 bridgehead atoms. The monoisotopic (exact) mass is 637 g/mol. The summed E-state index contributed by atoms with van der Waals surface area (Å²) in [5.74, 6) is -0.0709. The fourth-order valence-electron chi connectivity index (χ4n) is 5.12. The van der Waals surface area contributed by atoms with E-state index in [0.29, 0.717) is 18.5 Å². The Morgan fingerprint density at radius 2 is 1.25 bits per heavy atom. The van der Waals surface area contributed by atoms with Gasteiger partial charge in [0.05, 0.1) is 18.1 Å². The van der Waals surface area contributed by atoms with Crippen LogP contribution in [0.15, 0.2) is 72.8 Å². The van der Waals surface area contributed by atoms with Crippen LogP contribution in [0, 0.1) is 17.6 Å². The fraction of sp³-hybridized carbons (Fsp3) is 0.472. The Morgan fingerprint density at radius 3 is 1.75 bits per heavy atom. The summed E-state index contributed by atoms with van der Waals surface area (Å²) in [5.41, 5.74) is 2.60. The van der Waals surface area contributed by atoms with Crippen molar-refractivity contribution in [1.82, 2.24) is 0 Å². The van der Waals surface area contributed by atoms with Crippen molar-refractivity contribution < 1.29 is 22.4 Å². The summed E-state index contributed by atoms with van der Waals surface area (Å²) in [4.78, 5) is 15.5. The number of anilines is 1. The third-order valence-electron chi connectivity index (χ3n) is 9.94. The lowest BCUT2D eigenvalue weighted by atomic mass is 9.78. The number of nitrogens with zero attached hydrogens (tertiary/aromatic N) is 1. The molecule has 4 rings (SSSR count). The van der Waals surface area contributed by atoms with Gasteiger partial charge in [0, 0.05) is 5.69 Å². The zero-order valence-corrected chi connectivity index (χ0v) is 30.0. The molecular weight excluding hydrogens is 589 g/mol. The molecule has 1 aliphatic heterocycles. The summed E-state index contributed by atoms with van der Waals surface area (Å²) in [6, 6.07) is 20.5. The quantitative estimate of drug-likeness (QED) is 0.164. The maximum absolute atomic E-state index is 13.8. The van der Waals surface area contributed by atoms with Crippen LogP contribution >= 0.6 is 0 Å². The first-order valence-corrected chi connectivity index (χ1v) is 21.4. The average molecular weight is 638 g/mol. The SMILES string of the molecule is CC(C)(C)[Si](C)(C)Oc1ccc([C@@H]2[C@@H](CC[C@@H](O[Si](C)(C)C(C)(C)C)c3ccc(F)cc3)C(=O)N2c2ccc(F)cc2)cc1. The Labute approximate surface area is 265 Å². The maximum atomic E-state index is 13.8. The maximum Gasteiger partial charge on any atom is 0.250 e. The van der Waals surface area contributed by atoms with Crippen molar-refractivity contribution in [3.63, 3.8) is 0 Å². The molecule has 0 N–H and O–H groups in total. The molecule has 8 heteroatoms.